The van der Waals surface area contributed by atoms with Gasteiger partial charge in [-0.15, -0.1) is 0 Å². The van der Waals surface area contributed by atoms with Gasteiger partial charge < -0.3 is 28.4 Å². The molecule has 11 nitrogen and oxygen atoms in total. The molecular formula is C28H29FN4O7. The van der Waals surface area contributed by atoms with Crippen molar-refractivity contribution in [3.05, 3.63) is 53.0 Å². The lowest BCUT2D eigenvalue weighted by molar-refractivity contribution is -0.216. The third kappa shape index (κ3) is 4.01. The number of methoxy groups -OCH3 is 3. The molecule has 0 aliphatic carbocycles. The molecule has 0 spiro atoms. The van der Waals surface area contributed by atoms with Crippen molar-refractivity contribution in [1.82, 2.24) is 15.2 Å². The third-order valence-electron chi connectivity index (χ3n) is 8.31. The number of furan rings is 1. The van der Waals surface area contributed by atoms with Crippen molar-refractivity contribution in [3.8, 4) is 5.75 Å². The highest BCUT2D eigenvalue weighted by molar-refractivity contribution is 6.10. The quantitative estimate of drug-likeness (QED) is 0.348. The second kappa shape index (κ2) is 9.56. The van der Waals surface area contributed by atoms with Crippen LogP contribution in [-0.4, -0.2) is 74.4 Å². The number of anilines is 1. The Kier molecular flexibility index (Phi) is 6.26. The average molecular weight is 553 g/mol. The van der Waals surface area contributed by atoms with Crippen LogP contribution in [-0.2, 0) is 31.0 Å². The highest BCUT2D eigenvalue weighted by Gasteiger charge is 2.53. The van der Waals surface area contributed by atoms with Crippen molar-refractivity contribution in [2.24, 2.45) is 0 Å². The molecule has 0 radical (unpaired) electrons. The number of carbonyl (C=O) groups excluding carboxylic acids is 3. The van der Waals surface area contributed by atoms with E-state index >= 15 is 0 Å². The van der Waals surface area contributed by atoms with Crippen LogP contribution in [0.1, 0.15) is 40.9 Å². The molecule has 3 aliphatic rings. The summed E-state index contributed by atoms with van der Waals surface area (Å²) in [6.45, 7) is 1.25. The zero-order valence-corrected chi connectivity index (χ0v) is 22.4. The predicted molar refractivity (Wildman–Crippen MR) is 139 cm³/mol. The number of benzene rings is 1. The Morgan fingerprint density at radius 3 is 2.48 bits per heavy atom. The molecule has 5 heterocycles. The summed E-state index contributed by atoms with van der Waals surface area (Å²) in [6, 6.07) is 8.34. The standard InChI is InChI=1S/C28H29FN4O7/c1-37-19-5-4-16-14-33(25(35)23(16)24(19)29)15-27(13-22(34)31-26(27)36)20-12-17-18(40-20)6-7-21(30-17)32-10-8-28(38-2,39-3)9-11-32/h4-7,12H,8-11,13-15H2,1-3H3,(H,31,34,36)/t27-/m1/s1. The number of imide groups is 1. The Morgan fingerprint density at radius 1 is 1.07 bits per heavy atom. The van der Waals surface area contributed by atoms with E-state index in [-0.39, 0.29) is 36.6 Å². The zero-order chi connectivity index (χ0) is 28.2. The van der Waals surface area contributed by atoms with Gasteiger partial charge in [-0.1, -0.05) is 6.07 Å². The van der Waals surface area contributed by atoms with Crippen molar-refractivity contribution in [1.29, 1.82) is 0 Å². The van der Waals surface area contributed by atoms with Crippen molar-refractivity contribution >= 4 is 34.6 Å². The first-order valence-electron chi connectivity index (χ1n) is 13.0. The van der Waals surface area contributed by atoms with Gasteiger partial charge in [-0.3, -0.25) is 19.7 Å². The van der Waals surface area contributed by atoms with E-state index < -0.39 is 34.7 Å². The van der Waals surface area contributed by atoms with Crippen LogP contribution in [0.2, 0.25) is 0 Å². The fourth-order valence-electron chi connectivity index (χ4n) is 5.95. The molecule has 2 fully saturated rings. The fraction of sp³-hybridized carbons (Fsp3) is 0.429. The van der Waals surface area contributed by atoms with E-state index in [0.29, 0.717) is 42.6 Å². The molecule has 0 unspecified atom stereocenters. The molecule has 12 heteroatoms. The number of piperidine rings is 1. The molecule has 3 aromatic rings. The van der Waals surface area contributed by atoms with Crippen molar-refractivity contribution in [2.75, 3.05) is 45.9 Å². The van der Waals surface area contributed by atoms with Gasteiger partial charge in [0, 0.05) is 59.3 Å². The van der Waals surface area contributed by atoms with Gasteiger partial charge in [-0.05, 0) is 23.8 Å². The number of aromatic nitrogens is 1. The van der Waals surface area contributed by atoms with Crippen molar-refractivity contribution in [3.63, 3.8) is 0 Å². The number of fused-ring (bicyclic) bond motifs is 2. The number of hydrogen-bond acceptors (Lipinski definition) is 9. The van der Waals surface area contributed by atoms with E-state index in [9.17, 15) is 18.8 Å². The van der Waals surface area contributed by atoms with Crippen molar-refractivity contribution < 1.29 is 37.4 Å². The number of carbonyl (C=O) groups is 3. The molecule has 0 bridgehead atoms. The first-order valence-corrected chi connectivity index (χ1v) is 13.0. The maximum Gasteiger partial charge on any atom is 0.257 e. The van der Waals surface area contributed by atoms with Gasteiger partial charge in [-0.2, -0.15) is 0 Å². The lowest BCUT2D eigenvalue weighted by Gasteiger charge is -2.40. The summed E-state index contributed by atoms with van der Waals surface area (Å²) in [5.74, 6) is -2.10. The molecule has 2 aromatic heterocycles. The van der Waals surface area contributed by atoms with Crippen LogP contribution in [0.3, 0.4) is 0 Å². The van der Waals surface area contributed by atoms with Crippen LogP contribution in [0.15, 0.2) is 34.7 Å². The van der Waals surface area contributed by atoms with Crippen molar-refractivity contribution in [2.45, 2.75) is 37.0 Å². The molecular weight excluding hydrogens is 523 g/mol. The predicted octanol–water partition coefficient (Wildman–Crippen LogP) is 2.51. The van der Waals surface area contributed by atoms with Crippen LogP contribution >= 0.6 is 0 Å². The number of halogens is 1. The van der Waals surface area contributed by atoms with Crippen LogP contribution in [0.25, 0.3) is 11.1 Å². The van der Waals surface area contributed by atoms with Crippen LogP contribution in [0, 0.1) is 5.82 Å². The number of nitrogens with zero attached hydrogens (tertiary/aromatic N) is 3. The number of ether oxygens (including phenoxy) is 3. The van der Waals surface area contributed by atoms with Crippen LogP contribution in [0.5, 0.6) is 5.75 Å². The van der Waals surface area contributed by atoms with E-state index in [4.69, 9.17) is 23.6 Å². The first-order chi connectivity index (χ1) is 19.2. The maximum absolute atomic E-state index is 14.9. The summed E-state index contributed by atoms with van der Waals surface area (Å²) in [5.41, 5.74) is -0.148. The largest absolute Gasteiger partial charge is 0.494 e. The molecule has 3 amide bonds. The lowest BCUT2D eigenvalue weighted by atomic mass is 9.82. The SMILES string of the molecule is COc1ccc2c(c1F)C(=O)N(C[C@@]1(c3cc4nc(N5CCC(OC)(OC)CC5)ccc4o3)CC(=O)NC1=O)C2. The molecule has 210 valence electrons. The maximum atomic E-state index is 14.9. The summed E-state index contributed by atoms with van der Waals surface area (Å²) in [5, 5.41) is 2.35. The van der Waals surface area contributed by atoms with Gasteiger partial charge in [0.1, 0.15) is 22.5 Å². The highest BCUT2D eigenvalue weighted by atomic mass is 19.1. The third-order valence-corrected chi connectivity index (χ3v) is 8.31. The average Bonchev–Trinajstić information content (AvgIpc) is 3.62. The highest BCUT2D eigenvalue weighted by Crippen LogP contribution is 2.40. The number of nitrogens with one attached hydrogen (secondary N) is 1. The van der Waals surface area contributed by atoms with Gasteiger partial charge >= 0.3 is 0 Å². The van der Waals surface area contributed by atoms with Crippen LogP contribution < -0.4 is 15.0 Å². The molecule has 6 rings (SSSR count). The summed E-state index contributed by atoms with van der Waals surface area (Å²) in [4.78, 5) is 47.2. The Morgan fingerprint density at radius 2 is 1.82 bits per heavy atom. The number of pyridine rings is 1. The Bertz CT molecular complexity index is 1520. The zero-order valence-electron chi connectivity index (χ0n) is 22.4. The molecule has 1 aromatic carbocycles. The van der Waals surface area contributed by atoms with E-state index in [1.165, 1.54) is 18.1 Å². The van der Waals surface area contributed by atoms with Gasteiger partial charge in [0.15, 0.2) is 22.9 Å². The van der Waals surface area contributed by atoms with Gasteiger partial charge in [-0.25, -0.2) is 9.37 Å². The molecule has 2 saturated heterocycles. The molecule has 1 atom stereocenters. The Balaban J connectivity index is 1.31. The lowest BCUT2D eigenvalue weighted by Crippen LogP contribution is -2.47. The molecule has 3 aliphatic heterocycles. The minimum Gasteiger partial charge on any atom is -0.494 e. The van der Waals surface area contributed by atoms with Gasteiger partial charge in [0.25, 0.3) is 5.91 Å². The normalized spacial score (nSPS) is 22.2. The summed E-state index contributed by atoms with van der Waals surface area (Å²) in [7, 11) is 4.60. The van der Waals surface area contributed by atoms with E-state index in [1.807, 2.05) is 6.07 Å². The minimum absolute atomic E-state index is 0.0413. The van der Waals surface area contributed by atoms with E-state index in [0.717, 1.165) is 5.82 Å². The number of amides is 3. The second-order valence-electron chi connectivity index (χ2n) is 10.4. The first kappa shape index (κ1) is 26.2. The van der Waals surface area contributed by atoms with Gasteiger partial charge in [0.2, 0.25) is 11.8 Å². The molecule has 40 heavy (non-hydrogen) atoms. The summed E-state index contributed by atoms with van der Waals surface area (Å²) >= 11 is 0. The second-order valence-corrected chi connectivity index (χ2v) is 10.4. The van der Waals surface area contributed by atoms with Crippen LogP contribution in [0.4, 0.5) is 10.2 Å². The smallest absolute Gasteiger partial charge is 0.257 e. The molecule has 0 saturated carbocycles. The fourth-order valence-corrected chi connectivity index (χ4v) is 5.95. The van der Waals surface area contributed by atoms with E-state index in [2.05, 4.69) is 10.2 Å². The molecule has 1 N–H and O–H groups in total. The number of hydrogen-bond donors (Lipinski definition) is 1. The Hall–Kier alpha value is -4.03. The monoisotopic (exact) mass is 552 g/mol. The van der Waals surface area contributed by atoms with E-state index in [1.54, 1.807) is 32.4 Å². The Labute approximate surface area is 229 Å². The number of rotatable bonds is 7. The topological polar surface area (TPSA) is 123 Å². The van der Waals surface area contributed by atoms with Gasteiger partial charge in [0.05, 0.1) is 19.1 Å². The summed E-state index contributed by atoms with van der Waals surface area (Å²) < 4.78 is 37.2. The summed E-state index contributed by atoms with van der Waals surface area (Å²) in [6.07, 6.45) is 1.12. The minimum atomic E-state index is -1.49.